The molecule has 0 spiro atoms. The summed E-state index contributed by atoms with van der Waals surface area (Å²) < 4.78 is 10.4. The van der Waals surface area contributed by atoms with Crippen LogP contribution in [0.1, 0.15) is 96.9 Å². The standard InChI is InChI=1S/C30H49N3O6/c1-10-12-13-19-33(28(36)25(20(3)4)32-29(37)39-30(7,8)9)26(24-21(5)15-14-16-22(24)6)27(35)31-18-17-23(34)38-11-2/h14-16,20,25-26H,10-13,17-19H2,1-9H3,(H,31,35)(H,32,37). The first-order valence-corrected chi connectivity index (χ1v) is 14.0. The molecule has 0 radical (unpaired) electrons. The molecule has 9 heteroatoms. The average molecular weight is 548 g/mol. The highest BCUT2D eigenvalue weighted by atomic mass is 16.6. The second-order valence-electron chi connectivity index (χ2n) is 11.2. The number of unbranched alkanes of at least 4 members (excludes halogenated alkanes) is 2. The monoisotopic (exact) mass is 547 g/mol. The van der Waals surface area contributed by atoms with Gasteiger partial charge in [0.25, 0.3) is 0 Å². The number of nitrogens with zero attached hydrogens (tertiary/aromatic N) is 1. The summed E-state index contributed by atoms with van der Waals surface area (Å²) in [4.78, 5) is 54.1. The third-order valence-electron chi connectivity index (χ3n) is 6.20. The first-order chi connectivity index (χ1) is 18.2. The van der Waals surface area contributed by atoms with E-state index in [-0.39, 0.29) is 37.3 Å². The molecule has 39 heavy (non-hydrogen) atoms. The van der Waals surface area contributed by atoms with Crippen LogP contribution in [0.2, 0.25) is 0 Å². The molecule has 0 aromatic heterocycles. The molecular formula is C30H49N3O6. The van der Waals surface area contributed by atoms with E-state index >= 15 is 0 Å². The molecule has 2 N–H and O–H groups in total. The minimum Gasteiger partial charge on any atom is -0.466 e. The van der Waals surface area contributed by atoms with Gasteiger partial charge < -0.3 is 25.0 Å². The van der Waals surface area contributed by atoms with Crippen molar-refractivity contribution in [3.8, 4) is 0 Å². The van der Waals surface area contributed by atoms with Crippen LogP contribution >= 0.6 is 0 Å². The van der Waals surface area contributed by atoms with Crippen LogP contribution in [0.3, 0.4) is 0 Å². The summed E-state index contributed by atoms with van der Waals surface area (Å²) in [6.07, 6.45) is 1.84. The maximum absolute atomic E-state index is 14.2. The van der Waals surface area contributed by atoms with E-state index in [0.717, 1.165) is 29.5 Å². The molecule has 9 nitrogen and oxygen atoms in total. The minimum absolute atomic E-state index is 0.0255. The fourth-order valence-corrected chi connectivity index (χ4v) is 4.33. The highest BCUT2D eigenvalue weighted by Crippen LogP contribution is 2.29. The maximum atomic E-state index is 14.2. The van der Waals surface area contributed by atoms with Crippen LogP contribution in [0, 0.1) is 19.8 Å². The van der Waals surface area contributed by atoms with Crippen molar-refractivity contribution in [3.05, 3.63) is 34.9 Å². The van der Waals surface area contributed by atoms with Crippen LogP contribution in [-0.2, 0) is 23.9 Å². The van der Waals surface area contributed by atoms with Gasteiger partial charge in [-0.25, -0.2) is 4.79 Å². The summed E-state index contributed by atoms with van der Waals surface area (Å²) in [5, 5.41) is 5.59. The van der Waals surface area contributed by atoms with Crippen molar-refractivity contribution in [1.29, 1.82) is 0 Å². The van der Waals surface area contributed by atoms with Crippen LogP contribution < -0.4 is 10.6 Å². The molecule has 0 heterocycles. The highest BCUT2D eigenvalue weighted by Gasteiger charge is 2.38. The number of ether oxygens (including phenoxy) is 2. The lowest BCUT2D eigenvalue weighted by Crippen LogP contribution is -2.55. The van der Waals surface area contributed by atoms with Crippen LogP contribution in [-0.4, -0.2) is 60.1 Å². The van der Waals surface area contributed by atoms with Crippen LogP contribution in [0.5, 0.6) is 0 Å². The second-order valence-corrected chi connectivity index (χ2v) is 11.2. The van der Waals surface area contributed by atoms with E-state index in [1.165, 1.54) is 0 Å². The summed E-state index contributed by atoms with van der Waals surface area (Å²) in [7, 11) is 0. The molecule has 2 atom stereocenters. The predicted molar refractivity (Wildman–Crippen MR) is 152 cm³/mol. The molecule has 3 amide bonds. The number of alkyl carbamates (subject to hydrolysis) is 1. The van der Waals surface area contributed by atoms with Crippen LogP contribution in [0.4, 0.5) is 4.79 Å². The number of nitrogens with one attached hydrogen (secondary N) is 2. The zero-order valence-corrected chi connectivity index (χ0v) is 25.3. The molecule has 0 fully saturated rings. The Kier molecular flexibility index (Phi) is 14.0. The minimum atomic E-state index is -0.945. The summed E-state index contributed by atoms with van der Waals surface area (Å²) in [5.74, 6) is -1.41. The number of amides is 3. The van der Waals surface area contributed by atoms with Gasteiger partial charge in [-0.05, 0) is 70.6 Å². The summed E-state index contributed by atoms with van der Waals surface area (Å²) >= 11 is 0. The van der Waals surface area contributed by atoms with E-state index in [9.17, 15) is 19.2 Å². The Morgan fingerprint density at radius 1 is 1.00 bits per heavy atom. The Bertz CT molecular complexity index is 950. The Morgan fingerprint density at radius 3 is 2.13 bits per heavy atom. The highest BCUT2D eigenvalue weighted by molar-refractivity contribution is 5.92. The van der Waals surface area contributed by atoms with E-state index in [4.69, 9.17) is 9.47 Å². The number of carbonyl (C=O) groups is 4. The molecular weight excluding hydrogens is 498 g/mol. The molecule has 0 bridgehead atoms. The quantitative estimate of drug-likeness (QED) is 0.251. The fourth-order valence-electron chi connectivity index (χ4n) is 4.33. The van der Waals surface area contributed by atoms with Crippen molar-refractivity contribution >= 4 is 23.9 Å². The SMILES string of the molecule is CCCCCN(C(=O)C(NC(=O)OC(C)(C)C)C(C)C)C(C(=O)NCCC(=O)OCC)c1c(C)cccc1C. The van der Waals surface area contributed by atoms with Gasteiger partial charge in [0.2, 0.25) is 11.8 Å². The molecule has 1 aromatic carbocycles. The van der Waals surface area contributed by atoms with Crippen LogP contribution in [0.15, 0.2) is 18.2 Å². The van der Waals surface area contributed by atoms with Gasteiger partial charge >= 0.3 is 12.1 Å². The molecule has 1 rings (SSSR count). The van der Waals surface area contributed by atoms with Crippen LogP contribution in [0.25, 0.3) is 0 Å². The van der Waals surface area contributed by atoms with Crippen molar-refractivity contribution in [2.75, 3.05) is 19.7 Å². The molecule has 0 saturated carbocycles. The van der Waals surface area contributed by atoms with Gasteiger partial charge in [-0.3, -0.25) is 14.4 Å². The number of rotatable bonds is 14. The van der Waals surface area contributed by atoms with Crippen molar-refractivity contribution in [2.45, 2.75) is 106 Å². The molecule has 0 aliphatic carbocycles. The van der Waals surface area contributed by atoms with Gasteiger partial charge in [0.1, 0.15) is 17.7 Å². The Morgan fingerprint density at radius 2 is 1.62 bits per heavy atom. The molecule has 0 saturated heterocycles. The molecule has 1 aromatic rings. The van der Waals surface area contributed by atoms with E-state index in [2.05, 4.69) is 17.6 Å². The Labute approximate surface area is 234 Å². The lowest BCUT2D eigenvalue weighted by molar-refractivity contribution is -0.145. The smallest absolute Gasteiger partial charge is 0.408 e. The molecule has 0 aliphatic rings. The zero-order valence-electron chi connectivity index (χ0n) is 25.3. The number of carbonyl (C=O) groups excluding carboxylic acids is 4. The van der Waals surface area contributed by atoms with E-state index in [1.807, 2.05) is 45.9 Å². The van der Waals surface area contributed by atoms with Crippen molar-refractivity contribution in [2.24, 2.45) is 5.92 Å². The largest absolute Gasteiger partial charge is 0.466 e. The summed E-state index contributed by atoms with van der Waals surface area (Å²) in [5.41, 5.74) is 1.75. The Hall–Kier alpha value is -3.10. The van der Waals surface area contributed by atoms with E-state index in [1.54, 1.807) is 32.6 Å². The van der Waals surface area contributed by atoms with Crippen molar-refractivity contribution in [3.63, 3.8) is 0 Å². The first kappa shape index (κ1) is 33.9. The number of aryl methyl sites for hydroxylation is 2. The van der Waals surface area contributed by atoms with E-state index < -0.39 is 29.7 Å². The molecule has 220 valence electrons. The van der Waals surface area contributed by atoms with Crippen molar-refractivity contribution in [1.82, 2.24) is 15.5 Å². The number of benzene rings is 1. The normalized spacial score (nSPS) is 12.9. The maximum Gasteiger partial charge on any atom is 0.408 e. The average Bonchev–Trinajstić information content (AvgIpc) is 2.82. The Balaban J connectivity index is 3.50. The van der Waals surface area contributed by atoms with Gasteiger partial charge in [-0.15, -0.1) is 0 Å². The zero-order chi connectivity index (χ0) is 29.8. The molecule has 0 aliphatic heterocycles. The second kappa shape index (κ2) is 16.1. The lowest BCUT2D eigenvalue weighted by atomic mass is 9.92. The summed E-state index contributed by atoms with van der Waals surface area (Å²) in [6, 6.07) is 3.89. The molecule has 2 unspecified atom stereocenters. The van der Waals surface area contributed by atoms with Gasteiger partial charge in [0.05, 0.1) is 13.0 Å². The van der Waals surface area contributed by atoms with Crippen molar-refractivity contribution < 1.29 is 28.7 Å². The van der Waals surface area contributed by atoms with Gasteiger partial charge in [0.15, 0.2) is 0 Å². The lowest BCUT2D eigenvalue weighted by Gasteiger charge is -2.36. The number of hydrogen-bond acceptors (Lipinski definition) is 6. The summed E-state index contributed by atoms with van der Waals surface area (Å²) in [6.45, 7) is 17.3. The third kappa shape index (κ3) is 11.3. The van der Waals surface area contributed by atoms with Gasteiger partial charge in [0, 0.05) is 13.1 Å². The van der Waals surface area contributed by atoms with E-state index in [0.29, 0.717) is 13.0 Å². The fraction of sp³-hybridized carbons (Fsp3) is 0.667. The topological polar surface area (TPSA) is 114 Å². The number of hydrogen-bond donors (Lipinski definition) is 2. The first-order valence-electron chi connectivity index (χ1n) is 14.0. The third-order valence-corrected chi connectivity index (χ3v) is 6.20. The van der Waals surface area contributed by atoms with Gasteiger partial charge in [-0.1, -0.05) is 51.8 Å². The predicted octanol–water partition coefficient (Wildman–Crippen LogP) is 4.98. The number of esters is 1. The van der Waals surface area contributed by atoms with Gasteiger partial charge in [-0.2, -0.15) is 0 Å².